The first kappa shape index (κ1) is 19.1. The second kappa shape index (κ2) is 8.08. The van der Waals surface area contributed by atoms with Crippen molar-refractivity contribution in [1.82, 2.24) is 19.7 Å². The molecule has 0 radical (unpaired) electrons. The van der Waals surface area contributed by atoms with Crippen molar-refractivity contribution in [2.24, 2.45) is 11.7 Å². The van der Waals surface area contributed by atoms with E-state index in [9.17, 15) is 4.79 Å². The minimum absolute atomic E-state index is 0. The number of amides is 1. The highest BCUT2D eigenvalue weighted by molar-refractivity contribution is 5.85. The summed E-state index contributed by atoms with van der Waals surface area (Å²) in [6.45, 7) is 5.73. The van der Waals surface area contributed by atoms with Crippen molar-refractivity contribution in [1.29, 1.82) is 0 Å². The van der Waals surface area contributed by atoms with Gasteiger partial charge in [0.05, 0.1) is 17.6 Å². The minimum atomic E-state index is -0.193. The van der Waals surface area contributed by atoms with E-state index in [1.807, 2.05) is 52.1 Å². The van der Waals surface area contributed by atoms with Crippen LogP contribution in [0.4, 0.5) is 0 Å². The zero-order valence-electron chi connectivity index (χ0n) is 13.9. The number of carbonyl (C=O) groups is 1. The monoisotopic (exact) mass is 337 g/mol. The molecule has 1 amide bonds. The lowest BCUT2D eigenvalue weighted by atomic mass is 10.0. The molecule has 6 nitrogen and oxygen atoms in total. The van der Waals surface area contributed by atoms with Gasteiger partial charge in [0.25, 0.3) is 0 Å². The Kier molecular flexibility index (Phi) is 6.72. The first-order valence-electron chi connectivity index (χ1n) is 7.39. The van der Waals surface area contributed by atoms with Crippen molar-refractivity contribution in [2.45, 2.75) is 32.9 Å². The average Bonchev–Trinajstić information content (AvgIpc) is 3.06. The Morgan fingerprint density at radius 3 is 2.30 bits per heavy atom. The highest BCUT2D eigenvalue weighted by atomic mass is 35.5. The summed E-state index contributed by atoms with van der Waals surface area (Å²) >= 11 is 0. The Balaban J connectivity index is 0.00000264. The molecule has 7 heteroatoms. The number of nitrogens with zero attached hydrogens (tertiary/aromatic N) is 4. The van der Waals surface area contributed by atoms with Gasteiger partial charge in [-0.15, -0.1) is 12.4 Å². The van der Waals surface area contributed by atoms with Gasteiger partial charge in [-0.2, -0.15) is 5.10 Å². The molecule has 0 aliphatic heterocycles. The van der Waals surface area contributed by atoms with E-state index in [1.165, 1.54) is 6.33 Å². The molecule has 2 aromatic rings. The molecular formula is C16H24ClN5O. The van der Waals surface area contributed by atoms with E-state index in [2.05, 4.69) is 10.1 Å². The molecule has 0 fully saturated rings. The van der Waals surface area contributed by atoms with Crippen molar-refractivity contribution in [3.05, 3.63) is 42.5 Å². The fourth-order valence-electron chi connectivity index (χ4n) is 2.21. The van der Waals surface area contributed by atoms with E-state index in [1.54, 1.807) is 15.9 Å². The molecule has 0 bridgehead atoms. The highest BCUT2D eigenvalue weighted by Crippen LogP contribution is 2.22. The number of halogens is 1. The Morgan fingerprint density at radius 2 is 1.83 bits per heavy atom. The van der Waals surface area contributed by atoms with E-state index in [4.69, 9.17) is 5.73 Å². The number of hydrogen-bond acceptors (Lipinski definition) is 4. The van der Waals surface area contributed by atoms with Gasteiger partial charge < -0.3 is 10.6 Å². The van der Waals surface area contributed by atoms with E-state index in [0.717, 1.165) is 11.3 Å². The molecule has 3 unspecified atom stereocenters. The Labute approximate surface area is 143 Å². The Morgan fingerprint density at radius 1 is 1.22 bits per heavy atom. The third-order valence-corrected chi connectivity index (χ3v) is 4.17. The average molecular weight is 338 g/mol. The van der Waals surface area contributed by atoms with Gasteiger partial charge in [0.1, 0.15) is 12.7 Å². The van der Waals surface area contributed by atoms with Crippen molar-refractivity contribution in [2.75, 3.05) is 7.05 Å². The van der Waals surface area contributed by atoms with Gasteiger partial charge in [0, 0.05) is 13.1 Å². The summed E-state index contributed by atoms with van der Waals surface area (Å²) in [6, 6.07) is 7.77. The number of carbonyl (C=O) groups excluding carboxylic acids is 1. The second-order valence-corrected chi connectivity index (χ2v) is 5.70. The summed E-state index contributed by atoms with van der Waals surface area (Å²) in [4.78, 5) is 18.1. The summed E-state index contributed by atoms with van der Waals surface area (Å²) in [7, 11) is 1.82. The number of hydrogen-bond donors (Lipinski definition) is 1. The normalized spacial score (nSPS) is 14.5. The maximum Gasteiger partial charge on any atom is 0.227 e. The Bertz CT molecular complexity index is 612. The summed E-state index contributed by atoms with van der Waals surface area (Å²) in [6.07, 6.45) is 3.15. The first-order valence-corrected chi connectivity index (χ1v) is 7.39. The van der Waals surface area contributed by atoms with Crippen LogP contribution in [0.1, 0.15) is 32.4 Å². The van der Waals surface area contributed by atoms with Crippen LogP contribution in [0.2, 0.25) is 0 Å². The van der Waals surface area contributed by atoms with Crippen molar-refractivity contribution >= 4 is 18.3 Å². The lowest BCUT2D eigenvalue weighted by Gasteiger charge is -2.29. The van der Waals surface area contributed by atoms with Crippen molar-refractivity contribution in [3.63, 3.8) is 0 Å². The zero-order chi connectivity index (χ0) is 16.3. The van der Waals surface area contributed by atoms with Crippen LogP contribution in [0.5, 0.6) is 0 Å². The maximum atomic E-state index is 12.4. The van der Waals surface area contributed by atoms with Gasteiger partial charge in [0.2, 0.25) is 5.91 Å². The highest BCUT2D eigenvalue weighted by Gasteiger charge is 2.24. The summed E-state index contributed by atoms with van der Waals surface area (Å²) < 4.78 is 1.70. The molecule has 2 rings (SSSR count). The van der Waals surface area contributed by atoms with Crippen LogP contribution in [-0.2, 0) is 4.79 Å². The van der Waals surface area contributed by atoms with E-state index in [-0.39, 0.29) is 36.3 Å². The molecule has 0 aliphatic rings. The third kappa shape index (κ3) is 4.30. The molecule has 3 atom stereocenters. The van der Waals surface area contributed by atoms with Gasteiger partial charge >= 0.3 is 0 Å². The minimum Gasteiger partial charge on any atom is -0.339 e. The summed E-state index contributed by atoms with van der Waals surface area (Å²) in [5, 5.41) is 4.09. The van der Waals surface area contributed by atoms with E-state index >= 15 is 0 Å². The van der Waals surface area contributed by atoms with Crippen LogP contribution < -0.4 is 5.73 Å². The topological polar surface area (TPSA) is 77.0 Å². The fraction of sp³-hybridized carbons (Fsp3) is 0.438. The molecule has 1 aromatic heterocycles. The molecule has 1 aromatic carbocycles. The lowest BCUT2D eigenvalue weighted by molar-refractivity contribution is -0.136. The van der Waals surface area contributed by atoms with Gasteiger partial charge in [-0.05, 0) is 31.5 Å². The molecule has 0 saturated heterocycles. The predicted octanol–water partition coefficient (Wildman–Crippen LogP) is 2.19. The summed E-state index contributed by atoms with van der Waals surface area (Å²) in [5.74, 6) is -0.135. The van der Waals surface area contributed by atoms with E-state index < -0.39 is 0 Å². The van der Waals surface area contributed by atoms with Gasteiger partial charge in [-0.3, -0.25) is 4.79 Å². The standard InChI is InChI=1S/C16H23N5O.ClH/c1-11(12(2)17)16(22)20(4)13(3)14-5-7-15(8-6-14)21-10-18-9-19-21;/h5-13H,17H2,1-4H3;1H. The van der Waals surface area contributed by atoms with Gasteiger partial charge in [0.15, 0.2) is 0 Å². The zero-order valence-corrected chi connectivity index (χ0v) is 14.7. The van der Waals surface area contributed by atoms with Crippen LogP contribution in [0.3, 0.4) is 0 Å². The predicted molar refractivity (Wildman–Crippen MR) is 92.6 cm³/mol. The molecule has 1 heterocycles. The van der Waals surface area contributed by atoms with Crippen LogP contribution in [0.25, 0.3) is 5.69 Å². The van der Waals surface area contributed by atoms with Gasteiger partial charge in [-0.25, -0.2) is 9.67 Å². The van der Waals surface area contributed by atoms with E-state index in [0.29, 0.717) is 0 Å². The third-order valence-electron chi connectivity index (χ3n) is 4.17. The molecule has 0 spiro atoms. The van der Waals surface area contributed by atoms with Crippen LogP contribution in [-0.4, -0.2) is 38.7 Å². The van der Waals surface area contributed by atoms with Crippen molar-refractivity contribution < 1.29 is 4.79 Å². The Hall–Kier alpha value is -1.92. The summed E-state index contributed by atoms with van der Waals surface area (Å²) in [5.41, 5.74) is 7.83. The molecule has 2 N–H and O–H groups in total. The molecule has 23 heavy (non-hydrogen) atoms. The quantitative estimate of drug-likeness (QED) is 0.907. The first-order chi connectivity index (χ1) is 10.4. The van der Waals surface area contributed by atoms with Crippen LogP contribution in [0, 0.1) is 5.92 Å². The fourth-order valence-corrected chi connectivity index (χ4v) is 2.21. The van der Waals surface area contributed by atoms with Crippen LogP contribution >= 0.6 is 12.4 Å². The largest absolute Gasteiger partial charge is 0.339 e. The van der Waals surface area contributed by atoms with Crippen LogP contribution in [0.15, 0.2) is 36.9 Å². The number of nitrogens with two attached hydrogens (primary N) is 1. The molecule has 0 saturated carbocycles. The SMILES string of the molecule is CC(N)C(C)C(=O)N(C)C(C)c1ccc(-n2cncn2)cc1.Cl. The van der Waals surface area contributed by atoms with Gasteiger partial charge in [-0.1, -0.05) is 19.1 Å². The second-order valence-electron chi connectivity index (χ2n) is 5.70. The lowest BCUT2D eigenvalue weighted by Crippen LogP contribution is -2.40. The van der Waals surface area contributed by atoms with Crippen molar-refractivity contribution in [3.8, 4) is 5.69 Å². The number of rotatable bonds is 5. The smallest absolute Gasteiger partial charge is 0.227 e. The molecule has 0 aliphatic carbocycles. The molecular weight excluding hydrogens is 314 g/mol. The maximum absolute atomic E-state index is 12.4. The molecule has 126 valence electrons. The number of aromatic nitrogens is 3. The number of benzene rings is 1.